The van der Waals surface area contributed by atoms with Crippen molar-refractivity contribution < 1.29 is 10.2 Å². The highest BCUT2D eigenvalue weighted by Crippen LogP contribution is 2.65. The first kappa shape index (κ1) is 26.4. The lowest BCUT2D eigenvalue weighted by Crippen LogP contribution is -2.52. The maximum atomic E-state index is 10.6. The summed E-state index contributed by atoms with van der Waals surface area (Å²) in [6.07, 6.45) is 10.4. The summed E-state index contributed by atoms with van der Waals surface area (Å²) in [5.74, 6) is 2.52. The normalized spacial score (nSPS) is 44.8. The van der Waals surface area contributed by atoms with Crippen LogP contribution < -0.4 is 0 Å². The van der Waals surface area contributed by atoms with E-state index in [1.807, 2.05) is 34.6 Å². The quantitative estimate of drug-likeness (QED) is 0.395. The first-order valence-electron chi connectivity index (χ1n) is 12.2. The summed E-state index contributed by atoms with van der Waals surface area (Å²) in [5, 5.41) is 26.1. The summed E-state index contributed by atoms with van der Waals surface area (Å²) in [7, 11) is 1.00. The van der Waals surface area contributed by atoms with Crippen molar-refractivity contribution in [3.8, 4) is 0 Å². The molecule has 0 aromatic rings. The molecule has 0 heterocycles. The van der Waals surface area contributed by atoms with Crippen LogP contribution in [0.3, 0.4) is 0 Å². The van der Waals surface area contributed by atoms with Crippen LogP contribution in [0.25, 0.3) is 0 Å². The zero-order valence-corrected chi connectivity index (χ0v) is 20.7. The summed E-state index contributed by atoms with van der Waals surface area (Å²) in [4.78, 5) is 0. The molecule has 0 saturated heterocycles. The van der Waals surface area contributed by atoms with E-state index in [-0.39, 0.29) is 5.41 Å². The second kappa shape index (κ2) is 10.1. The van der Waals surface area contributed by atoms with Crippen LogP contribution >= 0.6 is 0 Å². The van der Waals surface area contributed by atoms with Crippen LogP contribution in [0.4, 0.5) is 0 Å². The minimum Gasteiger partial charge on any atom is -0.400 e. The van der Waals surface area contributed by atoms with Crippen LogP contribution in [0.15, 0.2) is 11.6 Å². The van der Waals surface area contributed by atoms with Crippen molar-refractivity contribution in [1.82, 2.24) is 0 Å². The van der Waals surface area contributed by atoms with Crippen molar-refractivity contribution in [2.45, 2.75) is 106 Å². The summed E-state index contributed by atoms with van der Waals surface area (Å²) >= 11 is 0. The number of hydrogen-bond donors (Lipinski definition) is 3. The van der Waals surface area contributed by atoms with Gasteiger partial charge in [0.2, 0.25) is 0 Å². The highest BCUT2D eigenvalue weighted by Gasteiger charge is 2.58. The van der Waals surface area contributed by atoms with Gasteiger partial charge in [-0.25, -0.2) is 0 Å². The van der Waals surface area contributed by atoms with E-state index in [4.69, 9.17) is 10.5 Å². The molecular formula is C26H49NO2. The number of rotatable bonds is 0. The lowest BCUT2D eigenvalue weighted by atomic mass is 9.47. The largest absolute Gasteiger partial charge is 0.400 e. The Morgan fingerprint density at radius 2 is 1.55 bits per heavy atom. The molecular weight excluding hydrogens is 358 g/mol. The second-order valence-electron chi connectivity index (χ2n) is 9.82. The Morgan fingerprint density at radius 3 is 2.14 bits per heavy atom. The second-order valence-corrected chi connectivity index (χ2v) is 9.82. The summed E-state index contributed by atoms with van der Waals surface area (Å²) < 4.78 is 0. The van der Waals surface area contributed by atoms with Crippen LogP contribution in [0.1, 0.15) is 100 Å². The van der Waals surface area contributed by atoms with Gasteiger partial charge in [-0.15, -0.1) is 0 Å². The molecule has 3 heteroatoms. The number of aliphatic hydroxyl groups is 2. The maximum Gasteiger partial charge on any atom is 0.0623 e. The van der Waals surface area contributed by atoms with Gasteiger partial charge in [0.05, 0.1) is 5.60 Å². The molecule has 7 unspecified atom stereocenters. The fraction of sp³-hybridized carbons (Fsp3) is 0.885. The van der Waals surface area contributed by atoms with Crippen molar-refractivity contribution >= 4 is 5.71 Å². The molecule has 170 valence electrons. The van der Waals surface area contributed by atoms with Gasteiger partial charge in [-0.1, -0.05) is 60.1 Å². The van der Waals surface area contributed by atoms with Crippen LogP contribution in [0, 0.1) is 39.9 Å². The maximum absolute atomic E-state index is 10.6. The van der Waals surface area contributed by atoms with Crippen LogP contribution in [0.5, 0.6) is 0 Å². The van der Waals surface area contributed by atoms with Crippen molar-refractivity contribution in [2.75, 3.05) is 7.11 Å². The van der Waals surface area contributed by atoms with Gasteiger partial charge in [0.15, 0.2) is 0 Å². The molecule has 4 aliphatic carbocycles. The zero-order valence-electron chi connectivity index (χ0n) is 20.7. The summed E-state index contributed by atoms with van der Waals surface area (Å²) in [5.41, 5.74) is 2.67. The zero-order chi connectivity index (χ0) is 22.6. The third-order valence-electron chi connectivity index (χ3n) is 8.64. The van der Waals surface area contributed by atoms with Gasteiger partial charge >= 0.3 is 0 Å². The Morgan fingerprint density at radius 1 is 0.966 bits per heavy atom. The Balaban J connectivity index is 0.000000644. The number of hydrogen-bond acceptors (Lipinski definition) is 3. The van der Waals surface area contributed by atoms with Crippen molar-refractivity contribution in [1.29, 1.82) is 5.41 Å². The molecule has 3 N–H and O–H groups in total. The van der Waals surface area contributed by atoms with E-state index in [9.17, 15) is 5.11 Å². The van der Waals surface area contributed by atoms with E-state index in [0.29, 0.717) is 29.1 Å². The van der Waals surface area contributed by atoms with Crippen LogP contribution in [-0.4, -0.2) is 28.6 Å². The molecule has 0 aromatic heterocycles. The molecule has 0 bridgehead atoms. The average Bonchev–Trinajstić information content (AvgIpc) is 3.04. The third-order valence-corrected chi connectivity index (χ3v) is 8.64. The smallest absolute Gasteiger partial charge is 0.0623 e. The molecule has 0 radical (unpaired) electrons. The number of aliphatic hydroxyl groups excluding tert-OH is 1. The van der Waals surface area contributed by atoms with Crippen LogP contribution in [-0.2, 0) is 0 Å². The Hall–Kier alpha value is -0.670. The molecule has 3 saturated carbocycles. The standard InChI is InChI=1S/C21H33NO.2C2H6.CH4O/c1-13-11-17-15(16-7-8-18(22)21(13,16)4)6-5-14-12-19(2,23)9-10-20(14,17)3;3*1-2/h11,13-16,22-23H,5-10,12H2,1-4H3;2*1-2H3;2H,1H3. The molecule has 3 fully saturated rings. The molecule has 29 heavy (non-hydrogen) atoms. The molecule has 7 atom stereocenters. The van der Waals surface area contributed by atoms with Gasteiger partial charge in [0.1, 0.15) is 0 Å². The molecule has 0 aliphatic heterocycles. The average molecular weight is 408 g/mol. The monoisotopic (exact) mass is 407 g/mol. The van der Waals surface area contributed by atoms with Gasteiger partial charge in [0.25, 0.3) is 0 Å². The third kappa shape index (κ3) is 4.37. The highest BCUT2D eigenvalue weighted by atomic mass is 16.3. The van der Waals surface area contributed by atoms with E-state index in [2.05, 4.69) is 26.8 Å². The fourth-order valence-electron chi connectivity index (χ4n) is 6.85. The van der Waals surface area contributed by atoms with Gasteiger partial charge in [-0.3, -0.25) is 0 Å². The summed E-state index contributed by atoms with van der Waals surface area (Å²) in [6, 6.07) is 0. The molecule has 4 aliphatic rings. The molecule has 4 rings (SSSR count). The highest BCUT2D eigenvalue weighted by molar-refractivity contribution is 5.90. The van der Waals surface area contributed by atoms with Gasteiger partial charge in [0, 0.05) is 18.2 Å². The minimum atomic E-state index is -0.456. The Kier molecular flexibility index (Phi) is 9.17. The van der Waals surface area contributed by atoms with Crippen LogP contribution in [0.2, 0.25) is 0 Å². The Labute approximate surface area is 180 Å². The van der Waals surface area contributed by atoms with E-state index >= 15 is 0 Å². The van der Waals surface area contributed by atoms with E-state index in [1.165, 1.54) is 19.3 Å². The lowest BCUT2D eigenvalue weighted by molar-refractivity contribution is -0.0625. The number of nitrogens with one attached hydrogen (secondary N) is 1. The molecule has 0 amide bonds. The lowest BCUT2D eigenvalue weighted by Gasteiger charge is -2.58. The first-order chi connectivity index (χ1) is 13.7. The SMILES string of the molecule is CC.CC.CC1C=C2C(CCC3CC(C)(O)CCC23C)C2CCC(=N)C12C.CO. The van der Waals surface area contributed by atoms with Gasteiger partial charge in [-0.05, 0) is 81.0 Å². The van der Waals surface area contributed by atoms with Gasteiger partial charge < -0.3 is 15.6 Å². The fourth-order valence-corrected chi connectivity index (χ4v) is 6.85. The van der Waals surface area contributed by atoms with E-state index < -0.39 is 5.60 Å². The number of fused-ring (bicyclic) bond motifs is 5. The first-order valence-corrected chi connectivity index (χ1v) is 12.2. The van der Waals surface area contributed by atoms with Crippen molar-refractivity contribution in [3.63, 3.8) is 0 Å². The molecule has 0 spiro atoms. The summed E-state index contributed by atoms with van der Waals surface area (Å²) in [6.45, 7) is 17.2. The number of allylic oxidation sites excluding steroid dienone is 2. The molecule has 0 aromatic carbocycles. The predicted octanol–water partition coefficient (Wildman–Crippen LogP) is 6.63. The minimum absolute atomic E-state index is 0.109. The Bertz CT molecular complexity index is 581. The predicted molar refractivity (Wildman–Crippen MR) is 125 cm³/mol. The van der Waals surface area contributed by atoms with Gasteiger partial charge in [-0.2, -0.15) is 0 Å². The van der Waals surface area contributed by atoms with E-state index in [0.717, 1.165) is 38.5 Å². The van der Waals surface area contributed by atoms with E-state index in [1.54, 1.807) is 5.57 Å². The molecule has 3 nitrogen and oxygen atoms in total. The topological polar surface area (TPSA) is 64.3 Å². The van der Waals surface area contributed by atoms with Crippen molar-refractivity contribution in [2.24, 2.45) is 34.5 Å². The van der Waals surface area contributed by atoms with Crippen molar-refractivity contribution in [3.05, 3.63) is 11.6 Å².